The smallest absolute Gasteiger partial charge is 0.377 e. The first kappa shape index (κ1) is 14.5. The average Bonchev–Trinajstić information content (AvgIpc) is 2.31. The van der Waals surface area contributed by atoms with Crippen molar-refractivity contribution in [3.05, 3.63) is 17.5 Å². The summed E-state index contributed by atoms with van der Waals surface area (Å²) in [4.78, 5) is 7.96. The molecule has 2 N–H and O–H groups in total. The van der Waals surface area contributed by atoms with Crippen LogP contribution in [0.15, 0.2) is 12.3 Å². The zero-order chi connectivity index (χ0) is 13.9. The number of nitrogens with zero attached hydrogens (tertiary/aromatic N) is 2. The van der Waals surface area contributed by atoms with E-state index in [-0.39, 0.29) is 22.8 Å². The number of hydrogen-bond donors (Lipinski definition) is 2. The van der Waals surface area contributed by atoms with Gasteiger partial charge in [0.1, 0.15) is 11.4 Å². The van der Waals surface area contributed by atoms with Gasteiger partial charge in [0, 0.05) is 6.20 Å². The third kappa shape index (κ3) is 3.17. The van der Waals surface area contributed by atoms with E-state index in [1.165, 1.54) is 0 Å². The molecule has 0 aliphatic carbocycles. The van der Waals surface area contributed by atoms with Gasteiger partial charge < -0.3 is 10.1 Å². The van der Waals surface area contributed by atoms with Crippen LogP contribution in [0.25, 0.3) is 0 Å². The molecule has 1 aromatic heterocycles. The van der Waals surface area contributed by atoms with Crippen molar-refractivity contribution in [2.45, 2.75) is 25.4 Å². The number of hydrogen-bond acceptors (Lipinski definition) is 5. The van der Waals surface area contributed by atoms with Crippen LogP contribution in [0.5, 0.6) is 0 Å². The van der Waals surface area contributed by atoms with Crippen LogP contribution in [0.3, 0.4) is 0 Å². The summed E-state index contributed by atoms with van der Waals surface area (Å²) in [7, 11) is 0. The van der Waals surface area contributed by atoms with Crippen LogP contribution in [0.4, 0.5) is 5.82 Å². The Morgan fingerprint density at radius 1 is 1.53 bits per heavy atom. The maximum atomic E-state index is 10.8. The Morgan fingerprint density at radius 2 is 2.26 bits per heavy atom. The molecule has 0 amide bonds. The first-order valence-electron chi connectivity index (χ1n) is 5.96. The molecular weight excluding hydrogens is 288 g/mol. The highest BCUT2D eigenvalue weighted by atomic mass is 35.5. The van der Waals surface area contributed by atoms with E-state index in [9.17, 15) is 4.21 Å². The van der Waals surface area contributed by atoms with E-state index in [0.29, 0.717) is 30.9 Å². The molecule has 0 spiro atoms. The number of aromatic nitrogens is 2. The molecule has 0 bridgehead atoms. The minimum Gasteiger partial charge on any atom is -0.377 e. The van der Waals surface area contributed by atoms with Crippen molar-refractivity contribution >= 4 is 29.3 Å². The van der Waals surface area contributed by atoms with Crippen molar-refractivity contribution < 1.29 is 8.95 Å². The molecule has 2 rings (SSSR count). The van der Waals surface area contributed by atoms with Gasteiger partial charge in [0.15, 0.2) is 0 Å². The molecule has 8 heteroatoms. The fraction of sp³-hybridized carbons (Fsp3) is 0.636. The summed E-state index contributed by atoms with van der Waals surface area (Å²) in [5.41, 5.74) is -0.377. The van der Waals surface area contributed by atoms with E-state index >= 15 is 0 Å². The number of anilines is 1. The summed E-state index contributed by atoms with van der Waals surface area (Å²) in [6.07, 6.45) is 1.59. The van der Waals surface area contributed by atoms with Crippen molar-refractivity contribution in [1.29, 1.82) is 0 Å². The molecule has 1 aliphatic rings. The molecule has 1 atom stereocenters. The van der Waals surface area contributed by atoms with E-state index in [1.807, 2.05) is 0 Å². The van der Waals surface area contributed by atoms with Crippen molar-refractivity contribution in [1.82, 2.24) is 14.7 Å². The maximum Gasteiger partial charge on any atom is 0.588 e. The van der Waals surface area contributed by atoms with Crippen molar-refractivity contribution in [3.63, 3.8) is 0 Å². The monoisotopic (exact) mass is 303 g/mol. The molecule has 1 unspecified atom stereocenters. The summed E-state index contributed by atoms with van der Waals surface area (Å²) >= 11 is 6.14. The van der Waals surface area contributed by atoms with Crippen LogP contribution < -0.4 is 10.0 Å². The average molecular weight is 304 g/mol. The SMILES string of the molecule is CC(C)C(Nc1ccnc(Cl)n1)C1(N[S+]=O)COC1. The standard InChI is InChI=1S/C11H16ClN4O2S/c1-7(2)9(11(16-19-17)5-18-6-11)14-8-3-4-13-10(12)15-8/h3-4,7,9H,5-6H2,1-2H3,(H,16,17)(H,13,14,15)/q+1. The minimum absolute atomic E-state index is 0.00802. The Labute approximate surface area is 120 Å². The third-order valence-corrected chi connectivity index (χ3v) is 3.83. The zero-order valence-corrected chi connectivity index (χ0v) is 12.3. The van der Waals surface area contributed by atoms with Gasteiger partial charge in [0.05, 0.1) is 23.5 Å². The Bertz CT molecular complexity index is 456. The predicted molar refractivity (Wildman–Crippen MR) is 74.0 cm³/mol. The summed E-state index contributed by atoms with van der Waals surface area (Å²) in [5.74, 6) is 0.931. The molecule has 19 heavy (non-hydrogen) atoms. The van der Waals surface area contributed by atoms with Gasteiger partial charge >= 0.3 is 11.9 Å². The van der Waals surface area contributed by atoms with Gasteiger partial charge in [-0.3, -0.25) is 0 Å². The fourth-order valence-corrected chi connectivity index (χ4v) is 2.78. The van der Waals surface area contributed by atoms with Gasteiger partial charge in [-0.15, -0.1) is 0 Å². The highest BCUT2D eigenvalue weighted by molar-refractivity contribution is 7.63. The van der Waals surface area contributed by atoms with Crippen molar-refractivity contribution in [2.24, 2.45) is 5.92 Å². The fourth-order valence-electron chi connectivity index (χ4n) is 2.22. The summed E-state index contributed by atoms with van der Waals surface area (Å²) in [5, 5.41) is 3.51. The molecule has 1 aliphatic heterocycles. The summed E-state index contributed by atoms with van der Waals surface area (Å²) < 4.78 is 19.0. The van der Waals surface area contributed by atoms with E-state index in [4.69, 9.17) is 16.3 Å². The quantitative estimate of drug-likeness (QED) is 0.470. The van der Waals surface area contributed by atoms with Gasteiger partial charge in [-0.1, -0.05) is 13.8 Å². The van der Waals surface area contributed by atoms with E-state index in [1.54, 1.807) is 12.3 Å². The largest absolute Gasteiger partial charge is 0.588 e. The normalized spacial score (nSPS) is 18.7. The van der Waals surface area contributed by atoms with Gasteiger partial charge in [0.25, 0.3) is 0 Å². The lowest BCUT2D eigenvalue weighted by Crippen LogP contribution is -2.69. The lowest BCUT2D eigenvalue weighted by Gasteiger charge is -2.44. The predicted octanol–water partition coefficient (Wildman–Crippen LogP) is 1.27. The van der Waals surface area contributed by atoms with E-state index in [2.05, 4.69) is 33.9 Å². The molecule has 104 valence electrons. The van der Waals surface area contributed by atoms with Gasteiger partial charge in [-0.05, 0) is 28.3 Å². The lowest BCUT2D eigenvalue weighted by atomic mass is 9.82. The topological polar surface area (TPSA) is 76.1 Å². The molecular formula is C11H16ClN4O2S+. The first-order chi connectivity index (χ1) is 9.07. The Balaban J connectivity index is 2.18. The molecule has 2 heterocycles. The van der Waals surface area contributed by atoms with Crippen LogP contribution in [0.1, 0.15) is 13.8 Å². The van der Waals surface area contributed by atoms with Gasteiger partial charge in [-0.25, -0.2) is 9.97 Å². The van der Waals surface area contributed by atoms with Gasteiger partial charge in [-0.2, -0.15) is 0 Å². The Hall–Kier alpha value is -0.890. The zero-order valence-electron chi connectivity index (χ0n) is 10.7. The number of ether oxygens (including phenoxy) is 1. The molecule has 0 saturated carbocycles. The van der Waals surface area contributed by atoms with Crippen LogP contribution >= 0.6 is 11.6 Å². The Kier molecular flexibility index (Phi) is 4.62. The molecule has 1 aromatic rings. The highest BCUT2D eigenvalue weighted by Crippen LogP contribution is 2.28. The van der Waals surface area contributed by atoms with Crippen LogP contribution in [-0.2, 0) is 20.8 Å². The van der Waals surface area contributed by atoms with Crippen molar-refractivity contribution in [2.75, 3.05) is 18.5 Å². The third-order valence-electron chi connectivity index (χ3n) is 3.16. The lowest BCUT2D eigenvalue weighted by molar-refractivity contribution is -0.0767. The number of halogens is 1. The molecule has 1 saturated heterocycles. The van der Waals surface area contributed by atoms with Crippen LogP contribution in [0, 0.1) is 5.92 Å². The summed E-state index contributed by atoms with van der Waals surface area (Å²) in [6.45, 7) is 5.16. The second kappa shape index (κ2) is 6.04. The molecule has 6 nitrogen and oxygen atoms in total. The second-order valence-corrected chi connectivity index (χ2v) is 5.62. The van der Waals surface area contributed by atoms with Crippen LogP contribution in [0.2, 0.25) is 5.28 Å². The Morgan fingerprint density at radius 3 is 2.74 bits per heavy atom. The maximum absolute atomic E-state index is 10.8. The van der Waals surface area contributed by atoms with Crippen LogP contribution in [-0.4, -0.2) is 34.8 Å². The number of nitrogens with one attached hydrogen (secondary N) is 2. The molecule has 1 fully saturated rings. The minimum atomic E-state index is -0.377. The van der Waals surface area contributed by atoms with E-state index in [0.717, 1.165) is 0 Å². The van der Waals surface area contributed by atoms with Crippen molar-refractivity contribution in [3.8, 4) is 0 Å². The number of rotatable bonds is 6. The highest BCUT2D eigenvalue weighted by Gasteiger charge is 2.51. The first-order valence-corrected chi connectivity index (χ1v) is 7.08. The molecule has 0 radical (unpaired) electrons. The van der Waals surface area contributed by atoms with E-state index < -0.39 is 0 Å². The second-order valence-electron chi connectivity index (χ2n) is 4.91. The molecule has 0 aromatic carbocycles. The van der Waals surface area contributed by atoms with Gasteiger partial charge in [0.2, 0.25) is 5.28 Å². The summed E-state index contributed by atoms with van der Waals surface area (Å²) in [6, 6.07) is 1.76.